The van der Waals surface area contributed by atoms with Gasteiger partial charge in [-0.2, -0.15) is 4.31 Å². The summed E-state index contributed by atoms with van der Waals surface area (Å²) in [7, 11) is -3.49. The van der Waals surface area contributed by atoms with Crippen molar-refractivity contribution in [2.45, 2.75) is 57.0 Å². The molecule has 33 heavy (non-hydrogen) atoms. The van der Waals surface area contributed by atoms with Gasteiger partial charge < -0.3 is 20.3 Å². The number of alkyl carbamates (subject to hydrolysis) is 1. The van der Waals surface area contributed by atoms with Crippen LogP contribution < -0.4 is 15.5 Å². The van der Waals surface area contributed by atoms with E-state index in [4.69, 9.17) is 4.74 Å². The predicted molar refractivity (Wildman–Crippen MR) is 124 cm³/mol. The molecule has 184 valence electrons. The lowest BCUT2D eigenvalue weighted by Crippen LogP contribution is -2.45. The highest BCUT2D eigenvalue weighted by Crippen LogP contribution is 2.25. The van der Waals surface area contributed by atoms with Crippen LogP contribution in [0.15, 0.2) is 23.2 Å². The van der Waals surface area contributed by atoms with E-state index >= 15 is 0 Å². The Kier molecular flexibility index (Phi) is 8.17. The first kappa shape index (κ1) is 25.2. The summed E-state index contributed by atoms with van der Waals surface area (Å²) in [6.07, 6.45) is 4.28. The maximum absolute atomic E-state index is 12.7. The normalized spacial score (nSPS) is 19.8. The van der Waals surface area contributed by atoms with Crippen molar-refractivity contribution >= 4 is 27.8 Å². The molecular weight excluding hydrogens is 446 g/mol. The molecule has 0 spiro atoms. The topological polar surface area (TPSA) is 121 Å². The van der Waals surface area contributed by atoms with Crippen molar-refractivity contribution in [3.05, 3.63) is 18.3 Å². The molecule has 0 radical (unpaired) electrons. The van der Waals surface area contributed by atoms with E-state index in [1.165, 1.54) is 10.5 Å². The third kappa shape index (κ3) is 7.04. The number of hydrogen-bond acceptors (Lipinski definition) is 7. The fourth-order valence-electron chi connectivity index (χ4n) is 4.00. The number of anilines is 1. The molecule has 0 aliphatic carbocycles. The number of rotatable bonds is 7. The summed E-state index contributed by atoms with van der Waals surface area (Å²) in [5, 5.41) is 5.48. The summed E-state index contributed by atoms with van der Waals surface area (Å²) in [6, 6.07) is 3.32. The van der Waals surface area contributed by atoms with Crippen LogP contribution in [0.2, 0.25) is 0 Å². The molecule has 0 saturated carbocycles. The molecule has 2 aliphatic heterocycles. The Hall–Kier alpha value is -2.40. The summed E-state index contributed by atoms with van der Waals surface area (Å²) in [5.41, 5.74) is -0.566. The fraction of sp³-hybridized carbons (Fsp3) is 0.682. The highest BCUT2D eigenvalue weighted by atomic mass is 32.2. The molecular formula is C22H35N5O5S. The number of piperidine rings is 1. The second-order valence-electron chi connectivity index (χ2n) is 9.47. The standard InChI is InChI=1S/C22H35N5O5S/c1-22(2,3)32-21(29)24-11-10-23-20(28)17-7-6-12-26(16-17)19-9-8-18(15-25-19)33(30,31)27-13-4-5-14-27/h8-9,15,17H,4-7,10-14,16H2,1-3H3,(H,23,28)(H,24,29). The van der Waals surface area contributed by atoms with Gasteiger partial charge in [-0.05, 0) is 58.6 Å². The van der Waals surface area contributed by atoms with Crippen molar-refractivity contribution in [3.63, 3.8) is 0 Å². The zero-order chi connectivity index (χ0) is 24.1. The second-order valence-corrected chi connectivity index (χ2v) is 11.4. The average Bonchev–Trinajstić information content (AvgIpc) is 3.31. The highest BCUT2D eigenvalue weighted by Gasteiger charge is 2.29. The van der Waals surface area contributed by atoms with E-state index in [2.05, 4.69) is 15.6 Å². The minimum absolute atomic E-state index is 0.0704. The molecule has 1 aromatic rings. The van der Waals surface area contributed by atoms with Crippen LogP contribution in [-0.4, -0.2) is 74.6 Å². The van der Waals surface area contributed by atoms with Gasteiger partial charge in [-0.1, -0.05) is 0 Å². The van der Waals surface area contributed by atoms with Crippen LogP contribution in [0.3, 0.4) is 0 Å². The molecule has 2 saturated heterocycles. The van der Waals surface area contributed by atoms with Gasteiger partial charge in [0.05, 0.1) is 5.92 Å². The maximum atomic E-state index is 12.7. The van der Waals surface area contributed by atoms with Crippen molar-refractivity contribution in [1.29, 1.82) is 0 Å². The first-order chi connectivity index (χ1) is 15.6. The summed E-state index contributed by atoms with van der Waals surface area (Å²) in [4.78, 5) is 30.9. The first-order valence-corrected chi connectivity index (χ1v) is 13.0. The van der Waals surface area contributed by atoms with E-state index in [9.17, 15) is 18.0 Å². The van der Waals surface area contributed by atoms with E-state index in [-0.39, 0.29) is 23.3 Å². The second kappa shape index (κ2) is 10.7. The minimum atomic E-state index is -3.49. The predicted octanol–water partition coefficient (Wildman–Crippen LogP) is 1.72. The van der Waals surface area contributed by atoms with Crippen LogP contribution in [0.5, 0.6) is 0 Å². The molecule has 1 unspecified atom stereocenters. The Morgan fingerprint density at radius 1 is 1.09 bits per heavy atom. The molecule has 3 heterocycles. The Morgan fingerprint density at radius 2 is 1.79 bits per heavy atom. The van der Waals surface area contributed by atoms with Gasteiger partial charge in [0, 0.05) is 45.5 Å². The number of aromatic nitrogens is 1. The third-order valence-electron chi connectivity index (χ3n) is 5.63. The molecule has 1 atom stereocenters. The van der Waals surface area contributed by atoms with Gasteiger partial charge in [-0.15, -0.1) is 0 Å². The molecule has 1 aromatic heterocycles. The maximum Gasteiger partial charge on any atom is 0.407 e. The van der Waals surface area contributed by atoms with E-state index in [0.29, 0.717) is 32.0 Å². The number of carbonyl (C=O) groups is 2. The minimum Gasteiger partial charge on any atom is -0.444 e. The van der Waals surface area contributed by atoms with Gasteiger partial charge in [0.15, 0.2) is 0 Å². The SMILES string of the molecule is CC(C)(C)OC(=O)NCCNC(=O)C1CCCN(c2ccc(S(=O)(=O)N3CCCC3)cn2)C1. The van der Waals surface area contributed by atoms with Gasteiger partial charge in [-0.3, -0.25) is 4.79 Å². The van der Waals surface area contributed by atoms with Gasteiger partial charge in [0.1, 0.15) is 16.3 Å². The molecule has 11 heteroatoms. The van der Waals surface area contributed by atoms with Crippen molar-refractivity contribution in [3.8, 4) is 0 Å². The molecule has 0 aromatic carbocycles. The summed E-state index contributed by atoms with van der Waals surface area (Å²) >= 11 is 0. The fourth-order valence-corrected chi connectivity index (χ4v) is 5.46. The zero-order valence-corrected chi connectivity index (χ0v) is 20.5. The Balaban J connectivity index is 1.48. The van der Waals surface area contributed by atoms with Gasteiger partial charge >= 0.3 is 6.09 Å². The average molecular weight is 482 g/mol. The van der Waals surface area contributed by atoms with Crippen LogP contribution >= 0.6 is 0 Å². The number of ether oxygens (including phenoxy) is 1. The number of carbonyl (C=O) groups excluding carboxylic acids is 2. The third-order valence-corrected chi connectivity index (χ3v) is 7.51. The Labute approximate surface area is 196 Å². The number of nitrogens with one attached hydrogen (secondary N) is 2. The van der Waals surface area contributed by atoms with E-state index < -0.39 is 21.7 Å². The van der Waals surface area contributed by atoms with Crippen LogP contribution in [0.1, 0.15) is 46.5 Å². The molecule has 0 bridgehead atoms. The van der Waals surface area contributed by atoms with Crippen molar-refractivity contribution < 1.29 is 22.7 Å². The molecule has 3 rings (SSSR count). The number of sulfonamides is 1. The van der Waals surface area contributed by atoms with E-state index in [1.807, 2.05) is 4.90 Å². The summed E-state index contributed by atoms with van der Waals surface area (Å²) in [6.45, 7) is 8.35. The van der Waals surface area contributed by atoms with Crippen LogP contribution in [0.25, 0.3) is 0 Å². The summed E-state index contributed by atoms with van der Waals surface area (Å²) < 4.78 is 32.0. The lowest BCUT2D eigenvalue weighted by atomic mass is 9.97. The highest BCUT2D eigenvalue weighted by molar-refractivity contribution is 7.89. The van der Waals surface area contributed by atoms with E-state index in [0.717, 1.165) is 32.2 Å². The van der Waals surface area contributed by atoms with Crippen molar-refractivity contribution in [2.24, 2.45) is 5.92 Å². The van der Waals surface area contributed by atoms with Crippen molar-refractivity contribution in [2.75, 3.05) is 44.2 Å². The van der Waals surface area contributed by atoms with Crippen LogP contribution in [-0.2, 0) is 19.6 Å². The number of pyridine rings is 1. The molecule has 2 N–H and O–H groups in total. The van der Waals surface area contributed by atoms with Gasteiger partial charge in [0.2, 0.25) is 15.9 Å². The monoisotopic (exact) mass is 481 g/mol. The number of amides is 2. The van der Waals surface area contributed by atoms with Crippen LogP contribution in [0, 0.1) is 5.92 Å². The van der Waals surface area contributed by atoms with Crippen molar-refractivity contribution in [1.82, 2.24) is 19.9 Å². The number of hydrogen-bond donors (Lipinski definition) is 2. The van der Waals surface area contributed by atoms with Crippen LogP contribution in [0.4, 0.5) is 10.6 Å². The molecule has 2 aliphatic rings. The lowest BCUT2D eigenvalue weighted by molar-refractivity contribution is -0.125. The molecule has 2 amide bonds. The molecule has 10 nitrogen and oxygen atoms in total. The zero-order valence-electron chi connectivity index (χ0n) is 19.7. The molecule has 2 fully saturated rings. The lowest BCUT2D eigenvalue weighted by Gasteiger charge is -2.33. The Morgan fingerprint density at radius 3 is 2.42 bits per heavy atom. The smallest absolute Gasteiger partial charge is 0.407 e. The quantitative estimate of drug-likeness (QED) is 0.569. The largest absolute Gasteiger partial charge is 0.444 e. The van der Waals surface area contributed by atoms with Gasteiger partial charge in [0.25, 0.3) is 0 Å². The van der Waals surface area contributed by atoms with E-state index in [1.54, 1.807) is 32.9 Å². The number of nitrogens with zero attached hydrogens (tertiary/aromatic N) is 3. The summed E-state index contributed by atoms with van der Waals surface area (Å²) in [5.74, 6) is 0.397. The van der Waals surface area contributed by atoms with Gasteiger partial charge in [-0.25, -0.2) is 18.2 Å². The first-order valence-electron chi connectivity index (χ1n) is 11.5. The Bertz CT molecular complexity index is 923.